The van der Waals surface area contributed by atoms with Crippen molar-refractivity contribution in [2.75, 3.05) is 0 Å². The van der Waals surface area contributed by atoms with Gasteiger partial charge in [0.05, 0.1) is 6.10 Å². The van der Waals surface area contributed by atoms with Gasteiger partial charge in [0, 0.05) is 10.5 Å². The third-order valence-electron chi connectivity index (χ3n) is 2.53. The van der Waals surface area contributed by atoms with Gasteiger partial charge in [0.15, 0.2) is 0 Å². The van der Waals surface area contributed by atoms with Gasteiger partial charge >= 0.3 is 5.97 Å². The Morgan fingerprint density at radius 1 is 1.11 bits per heavy atom. The van der Waals surface area contributed by atoms with E-state index in [1.165, 1.54) is 4.08 Å². The SMILES string of the molecule is CC(C)OC(=O)CCCCCCCC/C(F)=C/I. The topological polar surface area (TPSA) is 26.3 Å². The fourth-order valence-corrected chi connectivity index (χ4v) is 1.96. The predicted molar refractivity (Wildman–Crippen MR) is 81.4 cm³/mol. The number of hydrogen-bond acceptors (Lipinski definition) is 2. The Labute approximate surface area is 123 Å². The van der Waals surface area contributed by atoms with Crippen LogP contribution in [0.4, 0.5) is 4.39 Å². The smallest absolute Gasteiger partial charge is 0.306 e. The number of unbranched alkanes of at least 4 members (excludes halogenated alkanes) is 5. The van der Waals surface area contributed by atoms with Crippen LogP contribution < -0.4 is 0 Å². The molecule has 0 bridgehead atoms. The molecule has 0 rings (SSSR count). The minimum absolute atomic E-state index is 0.0154. The normalized spacial score (nSPS) is 11.9. The van der Waals surface area contributed by atoms with Crippen molar-refractivity contribution >= 4 is 28.6 Å². The number of ether oxygens (including phenoxy) is 1. The van der Waals surface area contributed by atoms with E-state index in [-0.39, 0.29) is 17.9 Å². The number of hydrogen-bond donors (Lipinski definition) is 0. The van der Waals surface area contributed by atoms with Crippen LogP contribution in [-0.4, -0.2) is 12.1 Å². The fourth-order valence-electron chi connectivity index (χ4n) is 1.65. The van der Waals surface area contributed by atoms with Crippen molar-refractivity contribution in [1.29, 1.82) is 0 Å². The van der Waals surface area contributed by atoms with Crippen LogP contribution in [0.5, 0.6) is 0 Å². The van der Waals surface area contributed by atoms with Crippen LogP contribution in [-0.2, 0) is 9.53 Å². The lowest BCUT2D eigenvalue weighted by Crippen LogP contribution is -2.10. The van der Waals surface area contributed by atoms with E-state index >= 15 is 0 Å². The maximum Gasteiger partial charge on any atom is 0.306 e. The summed E-state index contributed by atoms with van der Waals surface area (Å²) in [6.45, 7) is 3.72. The molecule has 0 radical (unpaired) electrons. The van der Waals surface area contributed by atoms with Gasteiger partial charge in [0.25, 0.3) is 0 Å². The molecule has 0 saturated heterocycles. The summed E-state index contributed by atoms with van der Waals surface area (Å²) in [7, 11) is 0. The zero-order valence-electron chi connectivity index (χ0n) is 11.4. The quantitative estimate of drug-likeness (QED) is 0.296. The zero-order chi connectivity index (χ0) is 13.8. The van der Waals surface area contributed by atoms with Crippen LogP contribution in [0.3, 0.4) is 0 Å². The fraction of sp³-hybridized carbons (Fsp3) is 0.786. The molecule has 0 aliphatic heterocycles. The maximum absolute atomic E-state index is 12.8. The van der Waals surface area contributed by atoms with Crippen LogP contribution in [0.1, 0.15) is 65.2 Å². The first kappa shape index (κ1) is 17.9. The Morgan fingerprint density at radius 3 is 2.11 bits per heavy atom. The van der Waals surface area contributed by atoms with Gasteiger partial charge in [0.1, 0.15) is 5.83 Å². The molecule has 0 aromatic rings. The first-order chi connectivity index (χ1) is 8.56. The average Bonchev–Trinajstić information content (AvgIpc) is 2.31. The summed E-state index contributed by atoms with van der Waals surface area (Å²) < 4.78 is 19.3. The minimum Gasteiger partial charge on any atom is -0.463 e. The van der Waals surface area contributed by atoms with Gasteiger partial charge in [-0.15, -0.1) is 0 Å². The zero-order valence-corrected chi connectivity index (χ0v) is 13.5. The summed E-state index contributed by atoms with van der Waals surface area (Å²) in [5.74, 6) is -0.119. The lowest BCUT2D eigenvalue weighted by Gasteiger charge is -2.07. The summed E-state index contributed by atoms with van der Waals surface area (Å²) in [6.07, 6.45) is 7.23. The molecular formula is C14H24FIO2. The summed E-state index contributed by atoms with van der Waals surface area (Å²) in [6, 6.07) is 0. The molecule has 18 heavy (non-hydrogen) atoms. The number of rotatable bonds is 10. The molecule has 0 aliphatic rings. The van der Waals surface area contributed by atoms with Crippen molar-refractivity contribution in [2.45, 2.75) is 71.3 Å². The van der Waals surface area contributed by atoms with Crippen LogP contribution in [0, 0.1) is 0 Å². The van der Waals surface area contributed by atoms with E-state index in [1.54, 1.807) is 0 Å². The van der Waals surface area contributed by atoms with E-state index in [4.69, 9.17) is 4.74 Å². The highest BCUT2D eigenvalue weighted by Crippen LogP contribution is 2.14. The molecular weight excluding hydrogens is 346 g/mol. The number of carbonyl (C=O) groups excluding carboxylic acids is 1. The monoisotopic (exact) mass is 370 g/mol. The van der Waals surface area contributed by atoms with Crippen molar-refractivity contribution in [2.24, 2.45) is 0 Å². The first-order valence-corrected chi connectivity index (χ1v) is 7.95. The first-order valence-electron chi connectivity index (χ1n) is 6.70. The third kappa shape index (κ3) is 12.3. The lowest BCUT2D eigenvalue weighted by atomic mass is 10.1. The second kappa shape index (κ2) is 11.9. The van der Waals surface area contributed by atoms with Crippen molar-refractivity contribution in [3.05, 3.63) is 9.91 Å². The van der Waals surface area contributed by atoms with E-state index in [2.05, 4.69) is 0 Å². The van der Waals surface area contributed by atoms with Gasteiger partial charge in [0.2, 0.25) is 0 Å². The molecule has 0 aliphatic carbocycles. The molecule has 4 heteroatoms. The van der Waals surface area contributed by atoms with Crippen LogP contribution >= 0.6 is 22.6 Å². The van der Waals surface area contributed by atoms with Crippen molar-refractivity contribution < 1.29 is 13.9 Å². The minimum atomic E-state index is -0.0979. The van der Waals surface area contributed by atoms with Crippen molar-refractivity contribution in [1.82, 2.24) is 0 Å². The highest BCUT2D eigenvalue weighted by atomic mass is 127. The summed E-state index contributed by atoms with van der Waals surface area (Å²) in [5, 5.41) is 0. The van der Waals surface area contributed by atoms with E-state index in [0.29, 0.717) is 12.8 Å². The van der Waals surface area contributed by atoms with Gasteiger partial charge in [-0.3, -0.25) is 4.79 Å². The Morgan fingerprint density at radius 2 is 1.61 bits per heavy atom. The summed E-state index contributed by atoms with van der Waals surface area (Å²) in [5.41, 5.74) is 0. The van der Waals surface area contributed by atoms with Gasteiger partial charge in [-0.05, 0) is 33.1 Å². The Bertz CT molecular complexity index is 252. The highest BCUT2D eigenvalue weighted by molar-refractivity contribution is 14.1. The van der Waals surface area contributed by atoms with Gasteiger partial charge in [-0.25, -0.2) is 4.39 Å². The van der Waals surface area contributed by atoms with Crippen LogP contribution in [0.2, 0.25) is 0 Å². The van der Waals surface area contributed by atoms with E-state index < -0.39 is 0 Å². The number of carbonyl (C=O) groups is 1. The number of allylic oxidation sites excluding steroid dienone is 1. The largest absolute Gasteiger partial charge is 0.463 e. The van der Waals surface area contributed by atoms with Gasteiger partial charge in [-0.2, -0.15) is 0 Å². The number of halogens is 2. The Kier molecular flexibility index (Phi) is 11.8. The molecule has 0 heterocycles. The maximum atomic E-state index is 12.8. The molecule has 0 aromatic heterocycles. The molecule has 0 amide bonds. The average molecular weight is 370 g/mol. The summed E-state index contributed by atoms with van der Waals surface area (Å²) in [4.78, 5) is 11.2. The molecule has 2 nitrogen and oxygen atoms in total. The Hall–Kier alpha value is -0.130. The van der Waals surface area contributed by atoms with Crippen molar-refractivity contribution in [3.8, 4) is 0 Å². The van der Waals surface area contributed by atoms with Gasteiger partial charge in [-0.1, -0.05) is 48.3 Å². The molecule has 0 N–H and O–H groups in total. The molecule has 106 valence electrons. The molecule has 0 fully saturated rings. The third-order valence-corrected chi connectivity index (χ3v) is 3.21. The van der Waals surface area contributed by atoms with Gasteiger partial charge < -0.3 is 4.74 Å². The second-order valence-electron chi connectivity index (χ2n) is 4.72. The predicted octanol–water partition coefficient (Wildman–Crippen LogP) is 5.30. The molecule has 0 atom stereocenters. The second-order valence-corrected chi connectivity index (χ2v) is 5.34. The molecule has 0 aromatic carbocycles. The Balaban J connectivity index is 3.24. The highest BCUT2D eigenvalue weighted by Gasteiger charge is 2.04. The lowest BCUT2D eigenvalue weighted by molar-refractivity contribution is -0.147. The van der Waals surface area contributed by atoms with E-state index in [9.17, 15) is 9.18 Å². The van der Waals surface area contributed by atoms with E-state index in [0.717, 1.165) is 38.5 Å². The number of esters is 1. The molecule has 0 saturated carbocycles. The van der Waals surface area contributed by atoms with Crippen molar-refractivity contribution in [3.63, 3.8) is 0 Å². The molecule has 0 unspecified atom stereocenters. The summed E-state index contributed by atoms with van der Waals surface area (Å²) >= 11 is 1.93. The van der Waals surface area contributed by atoms with E-state index in [1.807, 2.05) is 36.4 Å². The molecule has 0 spiro atoms. The standard InChI is InChI=1S/C14H24FIO2/c1-12(2)18-14(17)10-8-6-4-3-5-7-9-13(15)11-16/h11-12H,3-10H2,1-2H3/b13-11-. The van der Waals surface area contributed by atoms with Crippen LogP contribution in [0.15, 0.2) is 9.91 Å². The van der Waals surface area contributed by atoms with Crippen LogP contribution in [0.25, 0.3) is 0 Å².